The van der Waals surface area contributed by atoms with Gasteiger partial charge in [0.25, 0.3) is 0 Å². The molecule has 0 radical (unpaired) electrons. The lowest BCUT2D eigenvalue weighted by molar-refractivity contribution is 0.410. The summed E-state index contributed by atoms with van der Waals surface area (Å²) in [5.41, 5.74) is 7.95. The maximum Gasteiger partial charge on any atom is 0.134 e. The molecule has 0 atom stereocenters. The van der Waals surface area contributed by atoms with E-state index in [9.17, 15) is 0 Å². The highest BCUT2D eigenvalue weighted by Crippen LogP contribution is 2.51. The van der Waals surface area contributed by atoms with E-state index < -0.39 is 0 Å². The van der Waals surface area contributed by atoms with Crippen LogP contribution in [0.1, 0.15) is 74.9 Å². The van der Waals surface area contributed by atoms with Crippen LogP contribution >= 0.6 is 0 Å². The molecule has 128 valence electrons. The predicted molar refractivity (Wildman–Crippen MR) is 103 cm³/mol. The molecular weight excluding hydrogens is 292 g/mol. The number of hydrogen-bond donors (Lipinski definition) is 0. The lowest BCUT2D eigenvalue weighted by atomic mass is 9.72. The fraction of sp³-hybridized carbons (Fsp3) is 0.478. The van der Waals surface area contributed by atoms with Gasteiger partial charge in [0.1, 0.15) is 11.5 Å². The Morgan fingerprint density at radius 2 is 1.42 bits per heavy atom. The average Bonchev–Trinajstić information content (AvgIpc) is 2.47. The summed E-state index contributed by atoms with van der Waals surface area (Å²) in [6.45, 7) is 18.0. The molecule has 2 aromatic carbocycles. The van der Waals surface area contributed by atoms with Crippen molar-refractivity contribution in [2.24, 2.45) is 0 Å². The zero-order chi connectivity index (χ0) is 17.9. The Morgan fingerprint density at radius 1 is 0.875 bits per heavy atom. The summed E-state index contributed by atoms with van der Waals surface area (Å²) in [6, 6.07) is 9.25. The van der Waals surface area contributed by atoms with Gasteiger partial charge in [-0.3, -0.25) is 0 Å². The number of hydrogen-bond acceptors (Lipinski definition) is 1. The van der Waals surface area contributed by atoms with E-state index in [2.05, 4.69) is 79.7 Å². The first-order chi connectivity index (χ1) is 11.1. The predicted octanol–water partition coefficient (Wildman–Crippen LogP) is 6.59. The summed E-state index contributed by atoms with van der Waals surface area (Å²) in [6.07, 6.45) is 1.05. The molecule has 1 aliphatic rings. The first-order valence-electron chi connectivity index (χ1n) is 9.03. The molecule has 0 spiro atoms. The van der Waals surface area contributed by atoms with Gasteiger partial charge in [-0.1, -0.05) is 65.8 Å². The van der Waals surface area contributed by atoms with Gasteiger partial charge in [-0.25, -0.2) is 0 Å². The van der Waals surface area contributed by atoms with Gasteiger partial charge in [-0.2, -0.15) is 0 Å². The number of aryl methyl sites for hydroxylation is 3. The van der Waals surface area contributed by atoms with Gasteiger partial charge in [0.15, 0.2) is 0 Å². The van der Waals surface area contributed by atoms with Crippen LogP contribution in [0.2, 0.25) is 0 Å². The SMILES string of the molecule is CCc1cc(C)c2c(c1)C(C)(C)c1cc(C(C)(C)C)cc(C)c1O2. The van der Waals surface area contributed by atoms with Gasteiger partial charge in [-0.05, 0) is 47.9 Å². The molecule has 1 nitrogen and oxygen atoms in total. The van der Waals surface area contributed by atoms with Crippen LogP contribution in [0.3, 0.4) is 0 Å². The average molecular weight is 322 g/mol. The van der Waals surface area contributed by atoms with Crippen LogP contribution in [0.4, 0.5) is 0 Å². The van der Waals surface area contributed by atoms with Gasteiger partial charge >= 0.3 is 0 Å². The molecule has 0 amide bonds. The van der Waals surface area contributed by atoms with Gasteiger partial charge in [-0.15, -0.1) is 0 Å². The minimum absolute atomic E-state index is 0.0507. The molecule has 0 saturated carbocycles. The van der Waals surface area contributed by atoms with Gasteiger partial charge in [0.2, 0.25) is 0 Å². The number of rotatable bonds is 1. The Morgan fingerprint density at radius 3 is 1.96 bits per heavy atom. The molecule has 0 bridgehead atoms. The minimum Gasteiger partial charge on any atom is -0.456 e. The third-order valence-corrected chi connectivity index (χ3v) is 5.43. The van der Waals surface area contributed by atoms with Crippen molar-refractivity contribution in [1.82, 2.24) is 0 Å². The van der Waals surface area contributed by atoms with E-state index in [4.69, 9.17) is 4.74 Å². The second-order valence-corrected chi connectivity index (χ2v) is 8.79. The summed E-state index contributed by atoms with van der Waals surface area (Å²) in [5.74, 6) is 2.10. The van der Waals surface area contributed by atoms with E-state index in [1.54, 1.807) is 0 Å². The van der Waals surface area contributed by atoms with E-state index >= 15 is 0 Å². The van der Waals surface area contributed by atoms with Crippen molar-refractivity contribution in [2.75, 3.05) is 0 Å². The molecule has 0 N–H and O–H groups in total. The fourth-order valence-electron chi connectivity index (χ4n) is 3.71. The summed E-state index contributed by atoms with van der Waals surface area (Å²) in [4.78, 5) is 0. The van der Waals surface area contributed by atoms with Crippen LogP contribution in [-0.2, 0) is 17.3 Å². The van der Waals surface area contributed by atoms with Crippen molar-refractivity contribution >= 4 is 0 Å². The number of ether oxygens (including phenoxy) is 1. The van der Waals surface area contributed by atoms with Crippen molar-refractivity contribution in [1.29, 1.82) is 0 Å². The molecule has 1 aliphatic heterocycles. The van der Waals surface area contributed by atoms with Crippen LogP contribution in [0.15, 0.2) is 24.3 Å². The van der Waals surface area contributed by atoms with Crippen molar-refractivity contribution < 1.29 is 4.74 Å². The Balaban J connectivity index is 2.28. The largest absolute Gasteiger partial charge is 0.456 e. The smallest absolute Gasteiger partial charge is 0.134 e. The van der Waals surface area contributed by atoms with E-state index in [-0.39, 0.29) is 10.8 Å². The van der Waals surface area contributed by atoms with Crippen molar-refractivity contribution in [3.8, 4) is 11.5 Å². The summed E-state index contributed by atoms with van der Waals surface area (Å²) in [5, 5.41) is 0. The quantitative estimate of drug-likeness (QED) is 0.575. The van der Waals surface area contributed by atoms with E-state index in [0.29, 0.717) is 0 Å². The first kappa shape index (κ1) is 17.1. The van der Waals surface area contributed by atoms with Crippen LogP contribution < -0.4 is 4.74 Å². The van der Waals surface area contributed by atoms with Crippen LogP contribution in [-0.4, -0.2) is 0 Å². The van der Waals surface area contributed by atoms with E-state index in [0.717, 1.165) is 17.9 Å². The van der Waals surface area contributed by atoms with E-state index in [1.807, 2.05) is 0 Å². The van der Waals surface area contributed by atoms with Gasteiger partial charge < -0.3 is 4.74 Å². The molecule has 0 aromatic heterocycles. The number of fused-ring (bicyclic) bond motifs is 2. The van der Waals surface area contributed by atoms with Crippen LogP contribution in [0.5, 0.6) is 11.5 Å². The second-order valence-electron chi connectivity index (χ2n) is 8.79. The molecule has 2 aromatic rings. The molecule has 24 heavy (non-hydrogen) atoms. The molecule has 0 unspecified atom stereocenters. The van der Waals surface area contributed by atoms with Crippen LogP contribution in [0.25, 0.3) is 0 Å². The molecule has 3 rings (SSSR count). The fourth-order valence-corrected chi connectivity index (χ4v) is 3.71. The zero-order valence-corrected chi connectivity index (χ0v) is 16.4. The number of benzene rings is 2. The van der Waals surface area contributed by atoms with Crippen LogP contribution in [0, 0.1) is 13.8 Å². The van der Waals surface area contributed by atoms with Crippen molar-refractivity contribution in [3.63, 3.8) is 0 Å². The normalized spacial score (nSPS) is 15.5. The third kappa shape index (κ3) is 2.55. The van der Waals surface area contributed by atoms with Gasteiger partial charge in [0.05, 0.1) is 0 Å². The molecule has 0 fully saturated rings. The standard InChI is InChI=1S/C23H30O/c1-9-16-10-14(2)20-18(12-16)23(7,8)19-13-17(22(4,5)6)11-15(3)21(19)24-20/h10-13H,9H2,1-8H3. The van der Waals surface area contributed by atoms with Crippen molar-refractivity contribution in [2.45, 2.75) is 72.6 Å². The zero-order valence-electron chi connectivity index (χ0n) is 16.4. The monoisotopic (exact) mass is 322 g/mol. The minimum atomic E-state index is -0.0507. The highest BCUT2D eigenvalue weighted by Gasteiger charge is 2.37. The Hall–Kier alpha value is -1.76. The third-order valence-electron chi connectivity index (χ3n) is 5.43. The molecular formula is C23H30O. The topological polar surface area (TPSA) is 9.23 Å². The molecule has 0 saturated heterocycles. The molecule has 0 aliphatic carbocycles. The first-order valence-corrected chi connectivity index (χ1v) is 9.03. The summed E-state index contributed by atoms with van der Waals surface area (Å²) in [7, 11) is 0. The Bertz CT molecular complexity index is 804. The maximum absolute atomic E-state index is 6.44. The highest BCUT2D eigenvalue weighted by molar-refractivity contribution is 5.63. The van der Waals surface area contributed by atoms with Crippen molar-refractivity contribution in [3.05, 3.63) is 57.6 Å². The van der Waals surface area contributed by atoms with Gasteiger partial charge in [0, 0.05) is 16.5 Å². The summed E-state index contributed by atoms with van der Waals surface area (Å²) < 4.78 is 6.44. The highest BCUT2D eigenvalue weighted by atomic mass is 16.5. The molecule has 1 heterocycles. The Kier molecular flexibility index (Phi) is 3.82. The molecule has 1 heteroatoms. The maximum atomic E-state index is 6.44. The van der Waals surface area contributed by atoms with E-state index in [1.165, 1.54) is 33.4 Å². The second kappa shape index (κ2) is 5.37. The lowest BCUT2D eigenvalue weighted by Crippen LogP contribution is -2.27. The summed E-state index contributed by atoms with van der Waals surface area (Å²) >= 11 is 0. The lowest BCUT2D eigenvalue weighted by Gasteiger charge is -2.37. The Labute approximate surface area is 147 Å².